The van der Waals surface area contributed by atoms with Gasteiger partial charge in [-0.2, -0.15) is 0 Å². The summed E-state index contributed by atoms with van der Waals surface area (Å²) in [4.78, 5) is 12.0. The summed E-state index contributed by atoms with van der Waals surface area (Å²) in [6.45, 7) is 4.90. The Labute approximate surface area is 109 Å². The molecule has 100 valence electrons. The van der Waals surface area contributed by atoms with Gasteiger partial charge in [-0.05, 0) is 44.4 Å². The zero-order valence-corrected chi connectivity index (χ0v) is 11.1. The van der Waals surface area contributed by atoms with E-state index in [1.807, 2.05) is 22.9 Å². The summed E-state index contributed by atoms with van der Waals surface area (Å²) in [5.41, 5.74) is 0.774. The van der Waals surface area contributed by atoms with E-state index in [0.29, 0.717) is 6.04 Å². The molecule has 1 aliphatic rings. The van der Waals surface area contributed by atoms with Gasteiger partial charge in [0.25, 0.3) is 5.91 Å². The minimum absolute atomic E-state index is 0.0476. The fraction of sp³-hybridized carbons (Fsp3) is 0.643. The molecule has 4 nitrogen and oxygen atoms in total. The van der Waals surface area contributed by atoms with E-state index >= 15 is 0 Å². The molecule has 0 radical (unpaired) electrons. The normalized spacial score (nSPS) is 19.1. The Morgan fingerprint density at radius 2 is 2.50 bits per heavy atom. The van der Waals surface area contributed by atoms with Gasteiger partial charge in [0.15, 0.2) is 0 Å². The van der Waals surface area contributed by atoms with Gasteiger partial charge >= 0.3 is 0 Å². The van der Waals surface area contributed by atoms with Crippen LogP contribution in [0.5, 0.6) is 0 Å². The van der Waals surface area contributed by atoms with Crippen LogP contribution >= 0.6 is 0 Å². The van der Waals surface area contributed by atoms with Crippen LogP contribution in [0.1, 0.15) is 43.1 Å². The van der Waals surface area contributed by atoms with E-state index < -0.39 is 0 Å². The molecule has 1 aromatic heterocycles. The molecule has 1 amide bonds. The fourth-order valence-electron chi connectivity index (χ4n) is 2.51. The van der Waals surface area contributed by atoms with Crippen molar-refractivity contribution in [3.8, 4) is 0 Å². The van der Waals surface area contributed by atoms with Crippen molar-refractivity contribution in [2.24, 2.45) is 0 Å². The Kier molecular flexibility index (Phi) is 4.81. The first-order chi connectivity index (χ1) is 8.81. The quantitative estimate of drug-likeness (QED) is 0.807. The molecule has 1 fully saturated rings. The topological polar surface area (TPSA) is 46.1 Å². The number of carbonyl (C=O) groups excluding carboxylic acids is 1. The molecule has 0 bridgehead atoms. The van der Waals surface area contributed by atoms with Crippen molar-refractivity contribution >= 4 is 5.91 Å². The Morgan fingerprint density at radius 1 is 1.61 bits per heavy atom. The van der Waals surface area contributed by atoms with Crippen molar-refractivity contribution in [3.05, 3.63) is 24.0 Å². The van der Waals surface area contributed by atoms with Crippen LogP contribution in [0, 0.1) is 0 Å². The first-order valence-electron chi connectivity index (χ1n) is 6.98. The highest BCUT2D eigenvalue weighted by molar-refractivity contribution is 5.92. The summed E-state index contributed by atoms with van der Waals surface area (Å²) >= 11 is 0. The smallest absolute Gasteiger partial charge is 0.267 e. The van der Waals surface area contributed by atoms with E-state index in [9.17, 15) is 4.79 Å². The van der Waals surface area contributed by atoms with E-state index in [1.165, 1.54) is 12.8 Å². The summed E-state index contributed by atoms with van der Waals surface area (Å²) in [7, 11) is 0. The minimum Gasteiger partial charge on any atom is -0.351 e. The van der Waals surface area contributed by atoms with E-state index in [2.05, 4.69) is 17.6 Å². The third-order valence-corrected chi connectivity index (χ3v) is 3.47. The van der Waals surface area contributed by atoms with Crippen LogP contribution < -0.4 is 10.6 Å². The molecule has 0 unspecified atom stereocenters. The van der Waals surface area contributed by atoms with Crippen molar-refractivity contribution in [1.82, 2.24) is 15.2 Å². The standard InChI is InChI=1S/C14H23N3O/c1-2-10-17-11-4-6-13(17)14(18)16-9-7-12-5-3-8-15-12/h4,6,11-12,15H,2-3,5,7-10H2,1H3,(H,16,18)/t12-/m0/s1. The maximum atomic E-state index is 12.0. The number of hydrogen-bond acceptors (Lipinski definition) is 2. The predicted molar refractivity (Wildman–Crippen MR) is 72.7 cm³/mol. The molecule has 2 rings (SSSR count). The molecule has 1 saturated heterocycles. The second-order valence-electron chi connectivity index (χ2n) is 4.92. The van der Waals surface area contributed by atoms with Crippen LogP contribution in [0.3, 0.4) is 0 Å². The molecule has 1 aliphatic heterocycles. The highest BCUT2D eigenvalue weighted by Crippen LogP contribution is 2.08. The van der Waals surface area contributed by atoms with Crippen LogP contribution in [0.25, 0.3) is 0 Å². The van der Waals surface area contributed by atoms with Gasteiger partial charge in [0.05, 0.1) is 0 Å². The average Bonchev–Trinajstić information content (AvgIpc) is 3.00. The second kappa shape index (κ2) is 6.59. The third kappa shape index (κ3) is 3.35. The van der Waals surface area contributed by atoms with E-state index in [0.717, 1.165) is 38.2 Å². The van der Waals surface area contributed by atoms with E-state index in [-0.39, 0.29) is 5.91 Å². The molecule has 1 atom stereocenters. The van der Waals surface area contributed by atoms with Crippen LogP contribution in [-0.2, 0) is 6.54 Å². The number of carbonyl (C=O) groups is 1. The molecule has 4 heteroatoms. The van der Waals surface area contributed by atoms with Gasteiger partial charge in [-0.3, -0.25) is 4.79 Å². The Balaban J connectivity index is 1.77. The van der Waals surface area contributed by atoms with Gasteiger partial charge in [-0.25, -0.2) is 0 Å². The Hall–Kier alpha value is -1.29. The second-order valence-corrected chi connectivity index (χ2v) is 4.92. The molecule has 0 aromatic carbocycles. The minimum atomic E-state index is 0.0476. The first-order valence-corrected chi connectivity index (χ1v) is 6.98. The van der Waals surface area contributed by atoms with Gasteiger partial charge in [0, 0.05) is 25.3 Å². The van der Waals surface area contributed by atoms with Gasteiger partial charge in [0.1, 0.15) is 5.69 Å². The van der Waals surface area contributed by atoms with E-state index in [1.54, 1.807) is 0 Å². The summed E-state index contributed by atoms with van der Waals surface area (Å²) in [6.07, 6.45) is 6.54. The number of aryl methyl sites for hydroxylation is 1. The lowest BCUT2D eigenvalue weighted by Crippen LogP contribution is -2.31. The van der Waals surface area contributed by atoms with Crippen molar-refractivity contribution < 1.29 is 4.79 Å². The SMILES string of the molecule is CCCn1cccc1C(=O)NCC[C@@H]1CCCN1. The molecule has 0 saturated carbocycles. The van der Waals surface area contributed by atoms with Crippen molar-refractivity contribution in [1.29, 1.82) is 0 Å². The highest BCUT2D eigenvalue weighted by atomic mass is 16.1. The Bertz CT molecular complexity index is 380. The number of nitrogens with zero attached hydrogens (tertiary/aromatic N) is 1. The number of aromatic nitrogens is 1. The van der Waals surface area contributed by atoms with Gasteiger partial charge < -0.3 is 15.2 Å². The monoisotopic (exact) mass is 249 g/mol. The zero-order chi connectivity index (χ0) is 12.8. The molecule has 2 N–H and O–H groups in total. The molecular formula is C14H23N3O. The molecule has 2 heterocycles. The van der Waals surface area contributed by atoms with Crippen molar-refractivity contribution in [3.63, 3.8) is 0 Å². The Morgan fingerprint density at radius 3 is 3.22 bits per heavy atom. The van der Waals surface area contributed by atoms with Gasteiger partial charge in [0.2, 0.25) is 0 Å². The highest BCUT2D eigenvalue weighted by Gasteiger charge is 2.14. The maximum absolute atomic E-state index is 12.0. The lowest BCUT2D eigenvalue weighted by molar-refractivity contribution is 0.0943. The van der Waals surface area contributed by atoms with Gasteiger partial charge in [-0.15, -0.1) is 0 Å². The van der Waals surface area contributed by atoms with Crippen LogP contribution in [0.2, 0.25) is 0 Å². The lowest BCUT2D eigenvalue weighted by atomic mass is 10.1. The van der Waals surface area contributed by atoms with Crippen molar-refractivity contribution in [2.75, 3.05) is 13.1 Å². The molecule has 18 heavy (non-hydrogen) atoms. The molecule has 0 spiro atoms. The third-order valence-electron chi connectivity index (χ3n) is 3.47. The summed E-state index contributed by atoms with van der Waals surface area (Å²) in [5.74, 6) is 0.0476. The molecule has 0 aliphatic carbocycles. The van der Waals surface area contributed by atoms with Crippen molar-refractivity contribution in [2.45, 2.75) is 45.2 Å². The summed E-state index contributed by atoms with van der Waals surface area (Å²) in [6, 6.07) is 4.41. The number of amides is 1. The summed E-state index contributed by atoms with van der Waals surface area (Å²) < 4.78 is 2.02. The average molecular weight is 249 g/mol. The van der Waals surface area contributed by atoms with Gasteiger partial charge in [-0.1, -0.05) is 6.92 Å². The maximum Gasteiger partial charge on any atom is 0.267 e. The molecular weight excluding hydrogens is 226 g/mol. The first kappa shape index (κ1) is 13.1. The fourth-order valence-corrected chi connectivity index (χ4v) is 2.51. The van der Waals surface area contributed by atoms with Crippen LogP contribution in [0.15, 0.2) is 18.3 Å². The lowest BCUT2D eigenvalue weighted by Gasteiger charge is -2.12. The molecule has 1 aromatic rings. The number of rotatable bonds is 6. The number of nitrogens with one attached hydrogen (secondary N) is 2. The predicted octanol–water partition coefficient (Wildman–Crippen LogP) is 1.77. The summed E-state index contributed by atoms with van der Waals surface area (Å²) in [5, 5.41) is 6.45. The number of hydrogen-bond donors (Lipinski definition) is 2. The largest absolute Gasteiger partial charge is 0.351 e. The van der Waals surface area contributed by atoms with Crippen LogP contribution in [-0.4, -0.2) is 29.6 Å². The van der Waals surface area contributed by atoms with Crippen LogP contribution in [0.4, 0.5) is 0 Å². The zero-order valence-electron chi connectivity index (χ0n) is 11.1. The van der Waals surface area contributed by atoms with E-state index in [4.69, 9.17) is 0 Å².